The van der Waals surface area contributed by atoms with Gasteiger partial charge in [0.15, 0.2) is 18.1 Å². The number of hydrogen-bond acceptors (Lipinski definition) is 6. The smallest absolute Gasteiger partial charge is 0.329 e. The van der Waals surface area contributed by atoms with Crippen LogP contribution in [0.2, 0.25) is 0 Å². The molecule has 0 aliphatic heterocycles. The number of ether oxygens (including phenoxy) is 2. The van der Waals surface area contributed by atoms with Crippen molar-refractivity contribution in [2.75, 3.05) is 25.6 Å². The summed E-state index contributed by atoms with van der Waals surface area (Å²) in [6.07, 6.45) is 2.80. The van der Waals surface area contributed by atoms with Gasteiger partial charge in [0.05, 0.1) is 13.3 Å². The van der Waals surface area contributed by atoms with Gasteiger partial charge in [-0.2, -0.15) is 5.10 Å². The van der Waals surface area contributed by atoms with E-state index in [0.29, 0.717) is 17.1 Å². The fourth-order valence-corrected chi connectivity index (χ4v) is 2.39. The van der Waals surface area contributed by atoms with Crippen LogP contribution in [0.1, 0.15) is 11.1 Å². The predicted molar refractivity (Wildman–Crippen MR) is 117 cm³/mol. The van der Waals surface area contributed by atoms with Gasteiger partial charge in [-0.25, -0.2) is 5.43 Å². The summed E-state index contributed by atoms with van der Waals surface area (Å²) in [4.78, 5) is 35.2. The molecule has 2 rings (SSSR count). The van der Waals surface area contributed by atoms with E-state index in [0.717, 1.165) is 11.3 Å². The van der Waals surface area contributed by atoms with Gasteiger partial charge in [0.25, 0.3) is 5.91 Å². The Morgan fingerprint density at radius 1 is 1.10 bits per heavy atom. The largest absolute Gasteiger partial charge is 0.493 e. The molecule has 162 valence electrons. The number of anilines is 1. The molecule has 2 aromatic carbocycles. The van der Waals surface area contributed by atoms with Gasteiger partial charge in [-0.05, 0) is 42.3 Å². The number of rotatable bonds is 9. The summed E-state index contributed by atoms with van der Waals surface area (Å²) in [6, 6.07) is 12.3. The van der Waals surface area contributed by atoms with Crippen molar-refractivity contribution in [3.8, 4) is 11.5 Å². The van der Waals surface area contributed by atoms with Crippen LogP contribution in [-0.2, 0) is 14.4 Å². The molecule has 0 aromatic heterocycles. The molecule has 0 unspecified atom stereocenters. The maximum atomic E-state index is 12.2. The van der Waals surface area contributed by atoms with Crippen LogP contribution in [0.5, 0.6) is 11.5 Å². The van der Waals surface area contributed by atoms with E-state index in [1.807, 2.05) is 31.2 Å². The van der Waals surface area contributed by atoms with Crippen LogP contribution in [0.25, 0.3) is 0 Å². The number of para-hydroxylation sites is 1. The molecule has 0 saturated heterocycles. The van der Waals surface area contributed by atoms with Gasteiger partial charge in [0.2, 0.25) is 0 Å². The Morgan fingerprint density at radius 2 is 1.87 bits per heavy atom. The third kappa shape index (κ3) is 7.32. The van der Waals surface area contributed by atoms with Gasteiger partial charge in [0, 0.05) is 12.2 Å². The molecule has 0 radical (unpaired) electrons. The second kappa shape index (κ2) is 11.8. The number of nitrogens with one attached hydrogen (secondary N) is 3. The van der Waals surface area contributed by atoms with Crippen molar-refractivity contribution in [2.45, 2.75) is 6.92 Å². The first-order chi connectivity index (χ1) is 14.9. The minimum absolute atomic E-state index is 0.178. The topological polar surface area (TPSA) is 118 Å². The third-order valence-corrected chi connectivity index (χ3v) is 3.96. The highest BCUT2D eigenvalue weighted by Gasteiger charge is 2.11. The van der Waals surface area contributed by atoms with Gasteiger partial charge >= 0.3 is 11.8 Å². The Labute approximate surface area is 180 Å². The van der Waals surface area contributed by atoms with Crippen LogP contribution in [-0.4, -0.2) is 44.2 Å². The van der Waals surface area contributed by atoms with Crippen molar-refractivity contribution in [3.05, 3.63) is 66.2 Å². The average Bonchev–Trinajstić information content (AvgIpc) is 2.77. The molecule has 0 atom stereocenters. The molecule has 3 N–H and O–H groups in total. The van der Waals surface area contributed by atoms with Gasteiger partial charge in [-0.3, -0.25) is 14.4 Å². The zero-order chi connectivity index (χ0) is 22.6. The minimum atomic E-state index is -0.898. The van der Waals surface area contributed by atoms with E-state index in [1.54, 1.807) is 18.2 Å². The Kier molecular flexibility index (Phi) is 8.78. The lowest BCUT2D eigenvalue weighted by molar-refractivity contribution is -0.139. The maximum absolute atomic E-state index is 12.2. The van der Waals surface area contributed by atoms with Gasteiger partial charge in [-0.15, -0.1) is 6.58 Å². The Bertz CT molecular complexity index is 988. The van der Waals surface area contributed by atoms with Crippen molar-refractivity contribution in [3.63, 3.8) is 0 Å². The van der Waals surface area contributed by atoms with E-state index in [4.69, 9.17) is 9.47 Å². The summed E-state index contributed by atoms with van der Waals surface area (Å²) in [5.41, 5.74) is 4.37. The number of methoxy groups -OCH3 is 1. The van der Waals surface area contributed by atoms with Crippen molar-refractivity contribution < 1.29 is 23.9 Å². The number of carbonyl (C=O) groups is 3. The van der Waals surface area contributed by atoms with Crippen LogP contribution in [0.3, 0.4) is 0 Å². The van der Waals surface area contributed by atoms with Gasteiger partial charge < -0.3 is 20.1 Å². The number of benzene rings is 2. The second-order valence-corrected chi connectivity index (χ2v) is 6.26. The Hall–Kier alpha value is -4.14. The predicted octanol–water partition coefficient (Wildman–Crippen LogP) is 1.77. The highest BCUT2D eigenvalue weighted by Crippen LogP contribution is 2.27. The molecule has 0 spiro atoms. The quantitative estimate of drug-likeness (QED) is 0.245. The zero-order valence-corrected chi connectivity index (χ0v) is 17.3. The number of aryl methyl sites for hydroxylation is 1. The highest BCUT2D eigenvalue weighted by molar-refractivity contribution is 6.35. The van der Waals surface area contributed by atoms with Gasteiger partial charge in [-0.1, -0.05) is 24.3 Å². The molecular formula is C22H24N4O5. The van der Waals surface area contributed by atoms with Crippen LogP contribution < -0.4 is 25.5 Å². The standard InChI is InChI=1S/C22H24N4O5/c1-4-11-23-21(28)22(29)26-24-13-16-9-10-18(19(12-16)30-3)31-14-20(27)25-17-8-6-5-7-15(17)2/h4-10,12-13H,1,11,14H2,2-3H3,(H,23,28)(H,25,27)(H,26,29)/b24-13-. The third-order valence-electron chi connectivity index (χ3n) is 3.96. The fraction of sp³-hybridized carbons (Fsp3) is 0.182. The first-order valence-electron chi connectivity index (χ1n) is 9.33. The zero-order valence-electron chi connectivity index (χ0n) is 17.3. The molecule has 31 heavy (non-hydrogen) atoms. The molecule has 9 heteroatoms. The summed E-state index contributed by atoms with van der Waals surface area (Å²) in [7, 11) is 1.46. The van der Waals surface area contributed by atoms with Gasteiger partial charge in [0.1, 0.15) is 0 Å². The lowest BCUT2D eigenvalue weighted by Gasteiger charge is -2.12. The number of hydrazone groups is 1. The van der Waals surface area contributed by atoms with E-state index in [2.05, 4.69) is 27.7 Å². The molecule has 0 saturated carbocycles. The number of hydrogen-bond donors (Lipinski definition) is 3. The Morgan fingerprint density at radius 3 is 2.58 bits per heavy atom. The molecule has 9 nitrogen and oxygen atoms in total. The SMILES string of the molecule is C=CCNC(=O)C(=O)N/N=C\c1ccc(OCC(=O)Nc2ccccc2C)c(OC)c1. The minimum Gasteiger partial charge on any atom is -0.493 e. The molecule has 0 aliphatic carbocycles. The maximum Gasteiger partial charge on any atom is 0.329 e. The molecule has 3 amide bonds. The van der Waals surface area contributed by atoms with Crippen LogP contribution in [0.4, 0.5) is 5.69 Å². The lowest BCUT2D eigenvalue weighted by Crippen LogP contribution is -2.37. The van der Waals surface area contributed by atoms with E-state index < -0.39 is 11.8 Å². The van der Waals surface area contributed by atoms with Crippen molar-refractivity contribution in [2.24, 2.45) is 5.10 Å². The van der Waals surface area contributed by atoms with E-state index in [1.165, 1.54) is 19.4 Å². The number of nitrogens with zero attached hydrogens (tertiary/aromatic N) is 1. The summed E-state index contributed by atoms with van der Waals surface area (Å²) in [5.74, 6) is -1.28. The summed E-state index contributed by atoms with van der Waals surface area (Å²) in [5, 5.41) is 8.85. The van der Waals surface area contributed by atoms with Crippen LogP contribution in [0.15, 0.2) is 60.2 Å². The molecule has 0 bridgehead atoms. The van der Waals surface area contributed by atoms with Crippen LogP contribution in [0, 0.1) is 6.92 Å². The summed E-state index contributed by atoms with van der Waals surface area (Å²) >= 11 is 0. The summed E-state index contributed by atoms with van der Waals surface area (Å²) < 4.78 is 10.8. The number of carbonyl (C=O) groups excluding carboxylic acids is 3. The van der Waals surface area contributed by atoms with Crippen LogP contribution >= 0.6 is 0 Å². The van der Waals surface area contributed by atoms with E-state index >= 15 is 0 Å². The second-order valence-electron chi connectivity index (χ2n) is 6.26. The summed E-state index contributed by atoms with van der Waals surface area (Å²) in [6.45, 7) is 5.32. The first kappa shape index (κ1) is 23.1. The molecular weight excluding hydrogens is 400 g/mol. The normalized spacial score (nSPS) is 10.3. The number of amides is 3. The molecule has 2 aromatic rings. The van der Waals surface area contributed by atoms with E-state index in [-0.39, 0.29) is 19.1 Å². The fourth-order valence-electron chi connectivity index (χ4n) is 2.39. The van der Waals surface area contributed by atoms with Crippen molar-refractivity contribution >= 4 is 29.6 Å². The average molecular weight is 424 g/mol. The first-order valence-corrected chi connectivity index (χ1v) is 9.33. The lowest BCUT2D eigenvalue weighted by atomic mass is 10.2. The van der Waals surface area contributed by atoms with Crippen molar-refractivity contribution in [1.29, 1.82) is 0 Å². The Balaban J connectivity index is 1.92. The molecule has 0 fully saturated rings. The molecule has 0 heterocycles. The monoisotopic (exact) mass is 424 g/mol. The van der Waals surface area contributed by atoms with Crippen molar-refractivity contribution in [1.82, 2.24) is 10.7 Å². The molecule has 0 aliphatic rings. The van der Waals surface area contributed by atoms with E-state index in [9.17, 15) is 14.4 Å². The highest BCUT2D eigenvalue weighted by atomic mass is 16.5.